The maximum atomic E-state index is 12.6. The lowest BCUT2D eigenvalue weighted by molar-refractivity contribution is -0.137. The first kappa shape index (κ1) is 17.5. The van der Waals surface area contributed by atoms with Gasteiger partial charge in [0.1, 0.15) is 0 Å². The van der Waals surface area contributed by atoms with Crippen LogP contribution in [0, 0.1) is 5.92 Å². The van der Waals surface area contributed by atoms with Crippen molar-refractivity contribution in [1.29, 1.82) is 0 Å². The second-order valence-electron chi connectivity index (χ2n) is 7.08. The van der Waals surface area contributed by atoms with Crippen LogP contribution in [-0.4, -0.2) is 37.6 Å². The molecule has 0 spiro atoms. The summed E-state index contributed by atoms with van der Waals surface area (Å²) in [6.07, 6.45) is 7.96. The van der Waals surface area contributed by atoms with Crippen molar-refractivity contribution >= 4 is 15.7 Å². The topological polar surface area (TPSA) is 54.5 Å². The third kappa shape index (κ3) is 4.00. The van der Waals surface area contributed by atoms with Gasteiger partial charge in [-0.25, -0.2) is 8.42 Å². The molecule has 0 N–H and O–H groups in total. The van der Waals surface area contributed by atoms with Gasteiger partial charge in [-0.2, -0.15) is 0 Å². The number of sulfone groups is 1. The first-order valence-electron chi connectivity index (χ1n) is 9.15. The van der Waals surface area contributed by atoms with Crippen LogP contribution in [0.1, 0.15) is 51.4 Å². The zero-order valence-electron chi connectivity index (χ0n) is 14.2. The van der Waals surface area contributed by atoms with Crippen molar-refractivity contribution in [1.82, 2.24) is 4.90 Å². The number of carbonyl (C=O) groups is 1. The number of fused-ring (bicyclic) bond motifs is 1. The van der Waals surface area contributed by atoms with E-state index in [0.29, 0.717) is 29.7 Å². The molecule has 1 amide bonds. The van der Waals surface area contributed by atoms with E-state index < -0.39 is 9.84 Å². The van der Waals surface area contributed by atoms with E-state index in [-0.39, 0.29) is 11.7 Å². The number of piperidine rings is 1. The quantitative estimate of drug-likeness (QED) is 0.818. The highest BCUT2D eigenvalue weighted by Crippen LogP contribution is 2.35. The minimum atomic E-state index is -3.28. The van der Waals surface area contributed by atoms with Gasteiger partial charge in [0.15, 0.2) is 9.84 Å². The fourth-order valence-corrected chi connectivity index (χ4v) is 5.57. The highest BCUT2D eigenvalue weighted by Gasteiger charge is 2.35. The van der Waals surface area contributed by atoms with Gasteiger partial charge < -0.3 is 4.90 Å². The van der Waals surface area contributed by atoms with Crippen LogP contribution < -0.4 is 0 Å². The molecule has 24 heavy (non-hydrogen) atoms. The van der Waals surface area contributed by atoms with Crippen LogP contribution in [0.3, 0.4) is 0 Å². The first-order valence-corrected chi connectivity index (χ1v) is 10.8. The molecular weight excluding hydrogens is 322 g/mol. The monoisotopic (exact) mass is 349 g/mol. The van der Waals surface area contributed by atoms with Gasteiger partial charge in [-0.05, 0) is 50.2 Å². The molecule has 4 nitrogen and oxygen atoms in total. The SMILES string of the molecule is O=C(CCCS(=O)(=O)c1ccccc1)N1CCCC2CCCCC21. The average Bonchev–Trinajstić information content (AvgIpc) is 2.61. The zero-order valence-corrected chi connectivity index (χ0v) is 15.0. The van der Waals surface area contributed by atoms with Crippen LogP contribution in [0.4, 0.5) is 0 Å². The summed E-state index contributed by atoms with van der Waals surface area (Å²) >= 11 is 0. The molecule has 0 bridgehead atoms. The normalized spacial score (nSPS) is 24.4. The van der Waals surface area contributed by atoms with E-state index in [0.717, 1.165) is 19.4 Å². The van der Waals surface area contributed by atoms with E-state index >= 15 is 0 Å². The Morgan fingerprint density at radius 3 is 2.54 bits per heavy atom. The van der Waals surface area contributed by atoms with Gasteiger partial charge >= 0.3 is 0 Å². The molecule has 1 saturated heterocycles. The van der Waals surface area contributed by atoms with E-state index in [4.69, 9.17) is 0 Å². The minimum absolute atomic E-state index is 0.0463. The van der Waals surface area contributed by atoms with E-state index in [9.17, 15) is 13.2 Å². The maximum absolute atomic E-state index is 12.6. The highest BCUT2D eigenvalue weighted by molar-refractivity contribution is 7.91. The number of rotatable bonds is 5. The number of likely N-dealkylation sites (tertiary alicyclic amines) is 1. The summed E-state index contributed by atoms with van der Waals surface area (Å²) in [5.74, 6) is 0.865. The smallest absolute Gasteiger partial charge is 0.222 e. The van der Waals surface area contributed by atoms with E-state index in [1.54, 1.807) is 30.3 Å². The molecule has 2 fully saturated rings. The van der Waals surface area contributed by atoms with E-state index in [1.165, 1.54) is 25.7 Å². The molecule has 0 radical (unpaired) electrons. The Hall–Kier alpha value is -1.36. The Kier molecular flexibility index (Phi) is 5.59. The summed E-state index contributed by atoms with van der Waals surface area (Å²) < 4.78 is 24.6. The molecule has 2 atom stereocenters. The molecular formula is C19H27NO3S. The maximum Gasteiger partial charge on any atom is 0.222 e. The van der Waals surface area contributed by atoms with Crippen LogP contribution >= 0.6 is 0 Å². The summed E-state index contributed by atoms with van der Waals surface area (Å²) in [6, 6.07) is 8.91. The molecule has 3 rings (SSSR count). The van der Waals surface area contributed by atoms with Gasteiger partial charge in [-0.1, -0.05) is 31.0 Å². The van der Waals surface area contributed by atoms with Crippen molar-refractivity contribution in [2.45, 2.75) is 62.3 Å². The summed E-state index contributed by atoms with van der Waals surface area (Å²) in [5.41, 5.74) is 0. The van der Waals surface area contributed by atoms with Gasteiger partial charge in [0.2, 0.25) is 5.91 Å². The molecule has 2 unspecified atom stereocenters. The number of hydrogen-bond acceptors (Lipinski definition) is 3. The van der Waals surface area contributed by atoms with Crippen LogP contribution in [-0.2, 0) is 14.6 Å². The Morgan fingerprint density at radius 1 is 1.04 bits per heavy atom. The van der Waals surface area contributed by atoms with E-state index in [1.807, 2.05) is 0 Å². The van der Waals surface area contributed by atoms with Crippen molar-refractivity contribution in [3.63, 3.8) is 0 Å². The molecule has 132 valence electrons. The lowest BCUT2D eigenvalue weighted by Crippen LogP contribution is -2.49. The number of amides is 1. The average molecular weight is 349 g/mol. The molecule has 2 aliphatic rings. The molecule has 1 aliphatic heterocycles. The molecule has 1 heterocycles. The number of carbonyl (C=O) groups excluding carboxylic acids is 1. The predicted octanol–water partition coefficient (Wildman–Crippen LogP) is 3.42. The number of benzene rings is 1. The van der Waals surface area contributed by atoms with Crippen LogP contribution in [0.5, 0.6) is 0 Å². The minimum Gasteiger partial charge on any atom is -0.339 e. The standard InChI is InChI=1S/C19H27NO3S/c21-19(20-14-6-9-16-8-4-5-12-18(16)20)13-7-15-24(22,23)17-10-2-1-3-11-17/h1-3,10-11,16,18H,4-9,12-15H2. The molecule has 1 saturated carbocycles. The zero-order chi connectivity index (χ0) is 17.0. The fraction of sp³-hybridized carbons (Fsp3) is 0.632. The largest absolute Gasteiger partial charge is 0.339 e. The van der Waals surface area contributed by atoms with Gasteiger partial charge in [0, 0.05) is 19.0 Å². The second-order valence-corrected chi connectivity index (χ2v) is 9.19. The van der Waals surface area contributed by atoms with E-state index in [2.05, 4.69) is 4.90 Å². The lowest BCUT2D eigenvalue weighted by Gasteiger charge is -2.44. The van der Waals surface area contributed by atoms with Gasteiger partial charge in [-0.3, -0.25) is 4.79 Å². The fourth-order valence-electron chi connectivity index (χ4n) is 4.24. The molecule has 1 aliphatic carbocycles. The Labute approximate surface area is 145 Å². The lowest BCUT2D eigenvalue weighted by atomic mass is 9.78. The van der Waals surface area contributed by atoms with Crippen LogP contribution in [0.2, 0.25) is 0 Å². The molecule has 1 aromatic rings. The van der Waals surface area contributed by atoms with Crippen molar-refractivity contribution in [3.05, 3.63) is 30.3 Å². The first-order chi connectivity index (χ1) is 11.6. The summed E-state index contributed by atoms with van der Waals surface area (Å²) in [5, 5.41) is 0. The van der Waals surface area contributed by atoms with Crippen molar-refractivity contribution in [2.75, 3.05) is 12.3 Å². The van der Waals surface area contributed by atoms with Gasteiger partial charge in [-0.15, -0.1) is 0 Å². The van der Waals surface area contributed by atoms with Crippen molar-refractivity contribution in [3.8, 4) is 0 Å². The molecule has 0 aromatic heterocycles. The second kappa shape index (κ2) is 7.68. The summed E-state index contributed by atoms with van der Waals surface area (Å²) in [4.78, 5) is 15.0. The predicted molar refractivity (Wildman–Crippen MR) is 94.4 cm³/mol. The summed E-state index contributed by atoms with van der Waals surface area (Å²) in [6.45, 7) is 0.853. The van der Waals surface area contributed by atoms with Gasteiger partial charge in [0.25, 0.3) is 0 Å². The Bertz CT molecular complexity index is 654. The van der Waals surface area contributed by atoms with Gasteiger partial charge in [0.05, 0.1) is 10.6 Å². The number of nitrogens with zero attached hydrogens (tertiary/aromatic N) is 1. The number of hydrogen-bond donors (Lipinski definition) is 0. The van der Waals surface area contributed by atoms with Crippen molar-refractivity contribution < 1.29 is 13.2 Å². The Morgan fingerprint density at radius 2 is 1.75 bits per heavy atom. The third-order valence-electron chi connectivity index (χ3n) is 5.47. The summed E-state index contributed by atoms with van der Waals surface area (Å²) in [7, 11) is -3.28. The van der Waals surface area contributed by atoms with Crippen molar-refractivity contribution in [2.24, 2.45) is 5.92 Å². The highest BCUT2D eigenvalue weighted by atomic mass is 32.2. The molecule has 5 heteroatoms. The van der Waals surface area contributed by atoms with Crippen LogP contribution in [0.15, 0.2) is 35.2 Å². The molecule has 1 aromatic carbocycles. The van der Waals surface area contributed by atoms with Crippen LogP contribution in [0.25, 0.3) is 0 Å². The third-order valence-corrected chi connectivity index (χ3v) is 7.29. The Balaban J connectivity index is 1.54.